The van der Waals surface area contributed by atoms with Crippen molar-refractivity contribution in [3.05, 3.63) is 53.6 Å². The van der Waals surface area contributed by atoms with E-state index in [2.05, 4.69) is 12.2 Å². The molecule has 0 saturated carbocycles. The Hall–Kier alpha value is -2.71. The van der Waals surface area contributed by atoms with Gasteiger partial charge in [-0.2, -0.15) is 5.26 Å². The third kappa shape index (κ3) is 4.64. The Balaban J connectivity index is 2.06. The SMILES string of the molecule is CCOc1ccc(NC(C)c2ccc(OCC#N)cc2)cc1CO. The van der Waals surface area contributed by atoms with Gasteiger partial charge >= 0.3 is 0 Å². The van der Waals surface area contributed by atoms with Gasteiger partial charge in [0.25, 0.3) is 0 Å². The van der Waals surface area contributed by atoms with Crippen molar-refractivity contribution in [2.75, 3.05) is 18.5 Å². The van der Waals surface area contributed by atoms with Gasteiger partial charge in [0, 0.05) is 17.3 Å². The van der Waals surface area contributed by atoms with Gasteiger partial charge < -0.3 is 19.9 Å². The smallest absolute Gasteiger partial charge is 0.174 e. The van der Waals surface area contributed by atoms with Gasteiger partial charge in [0.15, 0.2) is 6.61 Å². The standard InChI is InChI=1S/C19H22N2O3/c1-3-23-19-9-6-17(12-16(19)13-22)21-14(2)15-4-7-18(8-5-15)24-11-10-20/h4-9,12,14,21-22H,3,11,13H2,1-2H3. The third-order valence-corrected chi connectivity index (χ3v) is 3.60. The van der Waals surface area contributed by atoms with Crippen LogP contribution in [0.2, 0.25) is 0 Å². The van der Waals surface area contributed by atoms with Crippen LogP contribution in [0.25, 0.3) is 0 Å². The zero-order valence-electron chi connectivity index (χ0n) is 14.0. The highest BCUT2D eigenvalue weighted by atomic mass is 16.5. The summed E-state index contributed by atoms with van der Waals surface area (Å²) in [5, 5.41) is 21.4. The predicted molar refractivity (Wildman–Crippen MR) is 93.1 cm³/mol. The van der Waals surface area contributed by atoms with Gasteiger partial charge in [-0.1, -0.05) is 12.1 Å². The molecule has 1 atom stereocenters. The Bertz CT molecular complexity index is 693. The van der Waals surface area contributed by atoms with Gasteiger partial charge in [-0.3, -0.25) is 0 Å². The van der Waals surface area contributed by atoms with Crippen molar-refractivity contribution in [2.24, 2.45) is 0 Å². The monoisotopic (exact) mass is 326 g/mol. The molecule has 0 aliphatic heterocycles. The zero-order chi connectivity index (χ0) is 17.4. The summed E-state index contributed by atoms with van der Waals surface area (Å²) in [6, 6.07) is 15.3. The lowest BCUT2D eigenvalue weighted by Gasteiger charge is -2.18. The molecule has 2 N–H and O–H groups in total. The van der Waals surface area contributed by atoms with E-state index in [1.54, 1.807) is 0 Å². The second-order valence-corrected chi connectivity index (χ2v) is 5.30. The van der Waals surface area contributed by atoms with Crippen LogP contribution in [0.1, 0.15) is 31.0 Å². The maximum absolute atomic E-state index is 9.48. The number of hydrogen-bond donors (Lipinski definition) is 2. The molecule has 0 radical (unpaired) electrons. The van der Waals surface area contributed by atoms with Crippen LogP contribution in [0, 0.1) is 11.3 Å². The predicted octanol–water partition coefficient (Wildman–Crippen LogP) is 3.65. The lowest BCUT2D eigenvalue weighted by atomic mass is 10.1. The van der Waals surface area contributed by atoms with E-state index in [-0.39, 0.29) is 19.3 Å². The average Bonchev–Trinajstić information content (AvgIpc) is 2.61. The third-order valence-electron chi connectivity index (χ3n) is 3.60. The van der Waals surface area contributed by atoms with E-state index in [9.17, 15) is 5.11 Å². The maximum Gasteiger partial charge on any atom is 0.174 e. The van der Waals surface area contributed by atoms with Crippen LogP contribution < -0.4 is 14.8 Å². The van der Waals surface area contributed by atoms with Crippen LogP contribution in [-0.2, 0) is 6.61 Å². The first-order valence-corrected chi connectivity index (χ1v) is 7.90. The van der Waals surface area contributed by atoms with Crippen molar-refractivity contribution >= 4 is 5.69 Å². The van der Waals surface area contributed by atoms with Crippen molar-refractivity contribution in [3.63, 3.8) is 0 Å². The summed E-state index contributed by atoms with van der Waals surface area (Å²) < 4.78 is 10.7. The van der Waals surface area contributed by atoms with Crippen LogP contribution in [0.3, 0.4) is 0 Å². The minimum Gasteiger partial charge on any atom is -0.494 e. The summed E-state index contributed by atoms with van der Waals surface area (Å²) in [7, 11) is 0. The van der Waals surface area contributed by atoms with E-state index < -0.39 is 0 Å². The molecule has 0 amide bonds. The summed E-state index contributed by atoms with van der Waals surface area (Å²) in [5.74, 6) is 1.38. The molecule has 24 heavy (non-hydrogen) atoms. The molecule has 0 fully saturated rings. The van der Waals surface area contributed by atoms with Crippen LogP contribution in [0.5, 0.6) is 11.5 Å². The quantitative estimate of drug-likeness (QED) is 0.774. The normalized spacial score (nSPS) is 11.4. The number of aliphatic hydroxyl groups excluding tert-OH is 1. The van der Waals surface area contributed by atoms with Crippen molar-refractivity contribution < 1.29 is 14.6 Å². The molecule has 0 saturated heterocycles. The van der Waals surface area contributed by atoms with E-state index in [1.807, 2.05) is 55.5 Å². The molecule has 0 aliphatic carbocycles. The molecule has 5 heteroatoms. The summed E-state index contributed by atoms with van der Waals surface area (Å²) in [5.41, 5.74) is 2.77. The molecule has 1 unspecified atom stereocenters. The van der Waals surface area contributed by atoms with Gasteiger partial charge in [-0.25, -0.2) is 0 Å². The number of rotatable bonds is 8. The molecular weight excluding hydrogens is 304 g/mol. The number of benzene rings is 2. The highest BCUT2D eigenvalue weighted by Crippen LogP contribution is 2.26. The first-order valence-electron chi connectivity index (χ1n) is 7.90. The fourth-order valence-electron chi connectivity index (χ4n) is 2.39. The molecule has 0 aromatic heterocycles. The molecule has 2 rings (SSSR count). The molecule has 2 aromatic carbocycles. The Morgan fingerprint density at radius 1 is 1.17 bits per heavy atom. The molecule has 2 aromatic rings. The summed E-state index contributed by atoms with van der Waals surface area (Å²) in [4.78, 5) is 0. The van der Waals surface area contributed by atoms with E-state index in [4.69, 9.17) is 14.7 Å². The summed E-state index contributed by atoms with van der Waals surface area (Å²) >= 11 is 0. The summed E-state index contributed by atoms with van der Waals surface area (Å²) in [6.07, 6.45) is 0. The van der Waals surface area contributed by atoms with Crippen molar-refractivity contribution in [1.29, 1.82) is 5.26 Å². The Kier molecular flexibility index (Phi) is 6.47. The second kappa shape index (κ2) is 8.80. The van der Waals surface area contributed by atoms with Gasteiger partial charge in [-0.05, 0) is 49.7 Å². The number of nitrogens with one attached hydrogen (secondary N) is 1. The highest BCUT2D eigenvalue weighted by molar-refractivity contribution is 5.52. The second-order valence-electron chi connectivity index (χ2n) is 5.30. The molecule has 126 valence electrons. The first kappa shape index (κ1) is 17.6. The fourth-order valence-corrected chi connectivity index (χ4v) is 2.39. The van der Waals surface area contributed by atoms with E-state index in [0.717, 1.165) is 16.8 Å². The lowest BCUT2D eigenvalue weighted by Crippen LogP contribution is -2.07. The highest BCUT2D eigenvalue weighted by Gasteiger charge is 2.08. The van der Waals surface area contributed by atoms with Crippen LogP contribution in [0.15, 0.2) is 42.5 Å². The molecule has 0 aliphatic rings. The number of hydrogen-bond acceptors (Lipinski definition) is 5. The Morgan fingerprint density at radius 3 is 2.54 bits per heavy atom. The maximum atomic E-state index is 9.48. The number of anilines is 1. The van der Waals surface area contributed by atoms with Gasteiger partial charge in [0.2, 0.25) is 0 Å². The van der Waals surface area contributed by atoms with Crippen molar-refractivity contribution in [3.8, 4) is 17.6 Å². The van der Waals surface area contributed by atoms with Gasteiger partial charge in [-0.15, -0.1) is 0 Å². The minimum atomic E-state index is -0.0653. The number of aliphatic hydroxyl groups is 1. The van der Waals surface area contributed by atoms with Crippen LogP contribution in [-0.4, -0.2) is 18.3 Å². The number of nitriles is 1. The fraction of sp³-hybridized carbons (Fsp3) is 0.316. The van der Waals surface area contributed by atoms with E-state index in [1.165, 1.54) is 0 Å². The lowest BCUT2D eigenvalue weighted by molar-refractivity contribution is 0.267. The van der Waals surface area contributed by atoms with E-state index in [0.29, 0.717) is 18.1 Å². The van der Waals surface area contributed by atoms with Gasteiger partial charge in [0.1, 0.15) is 17.6 Å². The molecule has 5 nitrogen and oxygen atoms in total. The topological polar surface area (TPSA) is 74.5 Å². The molecule has 0 bridgehead atoms. The zero-order valence-corrected chi connectivity index (χ0v) is 14.0. The molecule has 0 heterocycles. The molecular formula is C19H22N2O3. The van der Waals surface area contributed by atoms with Crippen molar-refractivity contribution in [2.45, 2.75) is 26.5 Å². The van der Waals surface area contributed by atoms with E-state index >= 15 is 0 Å². The Morgan fingerprint density at radius 2 is 1.92 bits per heavy atom. The first-order chi connectivity index (χ1) is 11.7. The minimum absolute atomic E-state index is 0.0449. The van der Waals surface area contributed by atoms with Crippen molar-refractivity contribution in [1.82, 2.24) is 0 Å². The Labute approximate surface area is 142 Å². The van der Waals surface area contributed by atoms with Crippen LogP contribution >= 0.6 is 0 Å². The largest absolute Gasteiger partial charge is 0.494 e. The van der Waals surface area contributed by atoms with Crippen LogP contribution in [0.4, 0.5) is 5.69 Å². The van der Waals surface area contributed by atoms with Gasteiger partial charge in [0.05, 0.1) is 13.2 Å². The summed E-state index contributed by atoms with van der Waals surface area (Å²) in [6.45, 7) is 4.52. The number of nitrogens with zero attached hydrogens (tertiary/aromatic N) is 1. The number of ether oxygens (including phenoxy) is 2. The average molecular weight is 326 g/mol. The molecule has 0 spiro atoms.